The number of thioether (sulfide) groups is 1. The number of carbonyl (C=O) groups excluding carboxylic acids is 2. The Kier molecular flexibility index (Phi) is 5.06. The second-order valence-electron chi connectivity index (χ2n) is 4.94. The number of H-pyrrole nitrogens is 1. The summed E-state index contributed by atoms with van der Waals surface area (Å²) in [7, 11) is 0. The van der Waals surface area contributed by atoms with Crippen molar-refractivity contribution in [3.8, 4) is 0 Å². The first-order chi connectivity index (χ1) is 10.4. The van der Waals surface area contributed by atoms with E-state index in [4.69, 9.17) is 11.6 Å². The number of nitrogens with one attached hydrogen (secondary N) is 1. The maximum Gasteiger partial charge on any atom is 0.260 e. The first kappa shape index (κ1) is 16.3. The van der Waals surface area contributed by atoms with Crippen LogP contribution in [0.1, 0.15) is 13.8 Å². The Labute approximate surface area is 130 Å². The molecule has 5 N–H and O–H groups in total. The van der Waals surface area contributed by atoms with E-state index in [1.54, 1.807) is 13.8 Å². The maximum atomic E-state index is 12.0. The van der Waals surface area contributed by atoms with Crippen LogP contribution in [0.4, 0.5) is 0 Å². The minimum atomic E-state index is -0.808. The van der Waals surface area contributed by atoms with Crippen molar-refractivity contribution in [1.29, 1.82) is 0 Å². The highest BCUT2D eigenvalue weighted by atomic mass is 32.2. The lowest BCUT2D eigenvalue weighted by molar-refractivity contribution is -0.145. The Bertz CT molecular complexity index is 687. The maximum absolute atomic E-state index is 12.0. The third kappa shape index (κ3) is 3.40. The number of carbonyl (C=O) groups is 2. The highest BCUT2D eigenvalue weighted by Gasteiger charge is 2.26. The first-order valence-electron chi connectivity index (χ1n) is 6.55. The average molecular weight is 323 g/mol. The number of aromatic nitrogens is 4. The van der Waals surface area contributed by atoms with Gasteiger partial charge in [0.25, 0.3) is 11.8 Å². The molecular formula is C12H17N7O2S. The molecule has 2 rings (SSSR count). The topological polar surface area (TPSA) is 144 Å². The van der Waals surface area contributed by atoms with Crippen LogP contribution in [0.15, 0.2) is 17.7 Å². The normalized spacial score (nSPS) is 12.6. The molecule has 10 heteroatoms. The van der Waals surface area contributed by atoms with E-state index < -0.39 is 17.9 Å². The fraction of sp³-hybridized carbons (Fsp3) is 0.417. The van der Waals surface area contributed by atoms with Crippen molar-refractivity contribution in [3.63, 3.8) is 0 Å². The Balaban J connectivity index is 2.00. The van der Waals surface area contributed by atoms with Crippen molar-refractivity contribution in [3.05, 3.63) is 12.7 Å². The van der Waals surface area contributed by atoms with Crippen LogP contribution < -0.4 is 11.6 Å². The number of imide groups is 1. The Morgan fingerprint density at radius 2 is 2.09 bits per heavy atom. The van der Waals surface area contributed by atoms with E-state index in [9.17, 15) is 9.59 Å². The van der Waals surface area contributed by atoms with Gasteiger partial charge in [-0.05, 0) is 5.92 Å². The van der Waals surface area contributed by atoms with Crippen molar-refractivity contribution in [2.75, 3.05) is 5.75 Å². The largest absolute Gasteiger partial charge is 0.341 e. The van der Waals surface area contributed by atoms with Gasteiger partial charge in [0, 0.05) is 0 Å². The minimum Gasteiger partial charge on any atom is -0.341 e. The van der Waals surface area contributed by atoms with Crippen molar-refractivity contribution < 1.29 is 9.59 Å². The Morgan fingerprint density at radius 3 is 2.77 bits per heavy atom. The number of hydrazine groups is 1. The zero-order valence-electron chi connectivity index (χ0n) is 12.2. The predicted molar refractivity (Wildman–Crippen MR) is 81.3 cm³/mol. The molecule has 2 aromatic heterocycles. The summed E-state index contributed by atoms with van der Waals surface area (Å²) in [6, 6.07) is -0.808. The lowest BCUT2D eigenvalue weighted by Gasteiger charge is -2.21. The summed E-state index contributed by atoms with van der Waals surface area (Å²) >= 11 is 1.14. The quantitative estimate of drug-likeness (QED) is 0.223. The van der Waals surface area contributed by atoms with Crippen LogP contribution in [0.5, 0.6) is 0 Å². The molecule has 0 saturated heterocycles. The zero-order chi connectivity index (χ0) is 16.3. The number of rotatable bonds is 5. The third-order valence-corrected chi connectivity index (χ3v) is 4.00. The van der Waals surface area contributed by atoms with E-state index in [-0.39, 0.29) is 11.7 Å². The van der Waals surface area contributed by atoms with Crippen LogP contribution in [0, 0.1) is 5.92 Å². The second kappa shape index (κ2) is 6.81. The molecule has 2 aromatic rings. The molecule has 0 fully saturated rings. The number of aromatic amines is 1. The highest BCUT2D eigenvalue weighted by molar-refractivity contribution is 8.00. The van der Waals surface area contributed by atoms with Crippen LogP contribution in [-0.4, -0.2) is 48.6 Å². The molecular weight excluding hydrogens is 306 g/mol. The molecule has 0 spiro atoms. The van der Waals surface area contributed by atoms with Crippen LogP contribution in [-0.2, 0) is 9.59 Å². The molecule has 0 unspecified atom stereocenters. The monoisotopic (exact) mass is 323 g/mol. The van der Waals surface area contributed by atoms with Gasteiger partial charge in [-0.25, -0.2) is 25.8 Å². The van der Waals surface area contributed by atoms with Crippen molar-refractivity contribution in [1.82, 2.24) is 24.9 Å². The van der Waals surface area contributed by atoms with Gasteiger partial charge < -0.3 is 10.7 Å². The summed E-state index contributed by atoms with van der Waals surface area (Å²) in [6.07, 6.45) is 2.85. The van der Waals surface area contributed by atoms with Crippen LogP contribution in [0.25, 0.3) is 11.2 Å². The molecule has 0 aromatic carbocycles. The van der Waals surface area contributed by atoms with E-state index in [0.29, 0.717) is 21.2 Å². The fourth-order valence-corrected chi connectivity index (χ4v) is 2.44. The molecule has 2 amide bonds. The Morgan fingerprint density at radius 1 is 1.36 bits per heavy atom. The molecule has 0 saturated carbocycles. The summed E-state index contributed by atoms with van der Waals surface area (Å²) in [5.74, 6) is 4.25. The average Bonchev–Trinajstić information content (AvgIpc) is 2.99. The van der Waals surface area contributed by atoms with E-state index in [2.05, 4.69) is 19.9 Å². The number of hydrogen-bond acceptors (Lipinski definition) is 8. The highest BCUT2D eigenvalue weighted by Crippen LogP contribution is 2.21. The molecule has 0 radical (unpaired) electrons. The molecule has 2 heterocycles. The fourth-order valence-electron chi connectivity index (χ4n) is 1.62. The predicted octanol–water partition coefficient (Wildman–Crippen LogP) is -0.343. The van der Waals surface area contributed by atoms with E-state index in [1.807, 2.05) is 0 Å². The van der Waals surface area contributed by atoms with E-state index in [0.717, 1.165) is 11.8 Å². The zero-order valence-corrected chi connectivity index (χ0v) is 13.0. The lowest BCUT2D eigenvalue weighted by Crippen LogP contribution is -2.53. The second-order valence-corrected chi connectivity index (χ2v) is 5.90. The number of nitrogens with zero attached hydrogens (tertiary/aromatic N) is 4. The molecule has 9 nitrogen and oxygen atoms in total. The van der Waals surface area contributed by atoms with Crippen molar-refractivity contribution >= 4 is 34.7 Å². The molecule has 0 aliphatic carbocycles. The smallest absolute Gasteiger partial charge is 0.260 e. The SMILES string of the molecule is CC(C)[C@H](N)C(=O)N(N)C(=O)CSc1ncnc2nc[nH]c12. The summed E-state index contributed by atoms with van der Waals surface area (Å²) < 4.78 is 0. The standard InChI is InChI=1S/C12H17N7O2S/c1-6(2)8(13)12(21)19(14)7(20)3-22-11-9-10(16-4-15-9)17-5-18-11/h4-6,8H,3,13-14H2,1-2H3,(H,15,16,17,18)/t8-/m0/s1. The van der Waals surface area contributed by atoms with E-state index >= 15 is 0 Å². The molecule has 118 valence electrons. The van der Waals surface area contributed by atoms with Crippen LogP contribution in [0.3, 0.4) is 0 Å². The number of fused-ring (bicyclic) bond motifs is 1. The van der Waals surface area contributed by atoms with Gasteiger partial charge in [0.2, 0.25) is 0 Å². The number of amides is 2. The molecule has 22 heavy (non-hydrogen) atoms. The van der Waals surface area contributed by atoms with Gasteiger partial charge in [0.15, 0.2) is 5.65 Å². The third-order valence-electron chi connectivity index (χ3n) is 3.03. The number of nitrogens with two attached hydrogens (primary N) is 2. The number of imidazole rings is 1. The lowest BCUT2D eigenvalue weighted by atomic mass is 10.0. The Hall–Kier alpha value is -2.04. The van der Waals surface area contributed by atoms with Gasteiger partial charge in [0.1, 0.15) is 16.9 Å². The van der Waals surface area contributed by atoms with Gasteiger partial charge in [-0.15, -0.1) is 0 Å². The molecule has 0 bridgehead atoms. The first-order valence-corrected chi connectivity index (χ1v) is 7.54. The molecule has 0 aliphatic heterocycles. The summed E-state index contributed by atoms with van der Waals surface area (Å²) in [4.78, 5) is 38.9. The van der Waals surface area contributed by atoms with Gasteiger partial charge >= 0.3 is 0 Å². The molecule has 0 aliphatic rings. The van der Waals surface area contributed by atoms with Crippen LogP contribution in [0.2, 0.25) is 0 Å². The van der Waals surface area contributed by atoms with Crippen molar-refractivity contribution in [2.45, 2.75) is 24.9 Å². The summed E-state index contributed by atoms with van der Waals surface area (Å²) in [5, 5.41) is 1.13. The summed E-state index contributed by atoms with van der Waals surface area (Å²) in [6.45, 7) is 3.57. The number of hydrogen-bond donors (Lipinski definition) is 3. The summed E-state index contributed by atoms with van der Waals surface area (Å²) in [5.41, 5.74) is 6.84. The van der Waals surface area contributed by atoms with Gasteiger partial charge in [-0.2, -0.15) is 0 Å². The molecule has 1 atom stereocenters. The minimum absolute atomic E-state index is 0.0435. The van der Waals surface area contributed by atoms with Gasteiger partial charge in [-0.1, -0.05) is 25.6 Å². The van der Waals surface area contributed by atoms with Gasteiger partial charge in [-0.3, -0.25) is 9.59 Å². The van der Waals surface area contributed by atoms with Crippen LogP contribution >= 0.6 is 11.8 Å². The van der Waals surface area contributed by atoms with Gasteiger partial charge in [0.05, 0.1) is 18.1 Å². The van der Waals surface area contributed by atoms with E-state index in [1.165, 1.54) is 12.7 Å². The van der Waals surface area contributed by atoms with Crippen molar-refractivity contribution in [2.24, 2.45) is 17.5 Å².